The van der Waals surface area contributed by atoms with Gasteiger partial charge in [0, 0.05) is 12.6 Å². The van der Waals surface area contributed by atoms with Crippen LogP contribution in [0, 0.1) is 5.82 Å². The van der Waals surface area contributed by atoms with E-state index in [1.54, 1.807) is 17.0 Å². The fraction of sp³-hybridized carbons (Fsp3) is 0.300. The fourth-order valence-electron chi connectivity index (χ4n) is 1.63. The molecule has 1 heterocycles. The van der Waals surface area contributed by atoms with Gasteiger partial charge in [-0.3, -0.25) is 4.99 Å². The van der Waals surface area contributed by atoms with Crippen LogP contribution < -0.4 is 5.73 Å². The molecule has 0 saturated heterocycles. The van der Waals surface area contributed by atoms with Gasteiger partial charge in [0.15, 0.2) is 5.96 Å². The van der Waals surface area contributed by atoms with Gasteiger partial charge in [0.05, 0.1) is 12.6 Å². The zero-order chi connectivity index (χ0) is 10.1. The molecule has 0 spiro atoms. The topological polar surface area (TPSA) is 41.6 Å². The fourth-order valence-corrected chi connectivity index (χ4v) is 1.63. The second-order valence-corrected chi connectivity index (χ2v) is 3.35. The van der Waals surface area contributed by atoms with Gasteiger partial charge in [0.1, 0.15) is 5.82 Å². The highest BCUT2D eigenvalue weighted by molar-refractivity contribution is 5.80. The van der Waals surface area contributed by atoms with Crippen LogP contribution >= 0.6 is 0 Å². The molecule has 0 aromatic heterocycles. The molecule has 2 N–H and O–H groups in total. The summed E-state index contributed by atoms with van der Waals surface area (Å²) >= 11 is 0. The van der Waals surface area contributed by atoms with E-state index >= 15 is 0 Å². The van der Waals surface area contributed by atoms with Crippen molar-refractivity contribution in [2.75, 3.05) is 13.6 Å². The predicted octanol–water partition coefficient (Wildman–Crippen LogP) is 1.13. The number of likely N-dealkylation sites (N-methyl/N-ethyl adjacent to an activating group) is 1. The summed E-state index contributed by atoms with van der Waals surface area (Å²) in [7, 11) is 1.82. The van der Waals surface area contributed by atoms with Gasteiger partial charge in [0.2, 0.25) is 0 Å². The monoisotopic (exact) mass is 193 g/mol. The highest BCUT2D eigenvalue weighted by Crippen LogP contribution is 2.25. The molecule has 1 aromatic carbocycles. The zero-order valence-electron chi connectivity index (χ0n) is 7.94. The van der Waals surface area contributed by atoms with Crippen LogP contribution in [0.3, 0.4) is 0 Å². The van der Waals surface area contributed by atoms with Gasteiger partial charge in [-0.25, -0.2) is 4.39 Å². The Bertz CT molecular complexity index is 375. The molecule has 1 aliphatic heterocycles. The summed E-state index contributed by atoms with van der Waals surface area (Å²) < 4.78 is 13.4. The SMILES string of the molecule is CN1C(N)=NCC1c1ccccc1F. The molecular formula is C10H12FN3. The van der Waals surface area contributed by atoms with E-state index in [-0.39, 0.29) is 11.9 Å². The van der Waals surface area contributed by atoms with Crippen LogP contribution in [0.2, 0.25) is 0 Å². The van der Waals surface area contributed by atoms with Crippen LogP contribution in [0.1, 0.15) is 11.6 Å². The van der Waals surface area contributed by atoms with E-state index < -0.39 is 0 Å². The normalized spacial score (nSPS) is 21.1. The Labute approximate surface area is 82.0 Å². The van der Waals surface area contributed by atoms with Crippen molar-refractivity contribution in [2.45, 2.75) is 6.04 Å². The van der Waals surface area contributed by atoms with Crippen molar-refractivity contribution >= 4 is 5.96 Å². The van der Waals surface area contributed by atoms with Crippen molar-refractivity contribution in [1.29, 1.82) is 0 Å². The van der Waals surface area contributed by atoms with Crippen LogP contribution in [0.25, 0.3) is 0 Å². The van der Waals surface area contributed by atoms with E-state index in [2.05, 4.69) is 4.99 Å². The van der Waals surface area contributed by atoms with Crippen molar-refractivity contribution in [3.8, 4) is 0 Å². The minimum atomic E-state index is -0.200. The van der Waals surface area contributed by atoms with Gasteiger partial charge >= 0.3 is 0 Å². The van der Waals surface area contributed by atoms with E-state index in [0.717, 1.165) is 0 Å². The summed E-state index contributed by atoms with van der Waals surface area (Å²) in [5, 5.41) is 0. The lowest BCUT2D eigenvalue weighted by atomic mass is 10.1. The first-order valence-electron chi connectivity index (χ1n) is 4.47. The molecule has 1 unspecified atom stereocenters. The van der Waals surface area contributed by atoms with Crippen molar-refractivity contribution in [3.63, 3.8) is 0 Å². The number of benzene rings is 1. The number of halogens is 1. The Hall–Kier alpha value is -1.58. The van der Waals surface area contributed by atoms with Gasteiger partial charge in [-0.05, 0) is 6.07 Å². The summed E-state index contributed by atoms with van der Waals surface area (Å²) in [6.45, 7) is 0.531. The molecule has 3 nitrogen and oxygen atoms in total. The Balaban J connectivity index is 2.30. The highest BCUT2D eigenvalue weighted by atomic mass is 19.1. The molecule has 1 aliphatic rings. The Morgan fingerprint density at radius 2 is 2.21 bits per heavy atom. The Morgan fingerprint density at radius 3 is 2.79 bits per heavy atom. The van der Waals surface area contributed by atoms with Gasteiger partial charge in [-0.2, -0.15) is 0 Å². The Kier molecular flexibility index (Phi) is 2.11. The molecular weight excluding hydrogens is 181 g/mol. The van der Waals surface area contributed by atoms with E-state index in [9.17, 15) is 4.39 Å². The molecule has 0 fully saturated rings. The molecule has 1 aromatic rings. The second-order valence-electron chi connectivity index (χ2n) is 3.35. The summed E-state index contributed by atoms with van der Waals surface area (Å²) in [5.41, 5.74) is 6.26. The van der Waals surface area contributed by atoms with Crippen LogP contribution in [0.4, 0.5) is 4.39 Å². The maximum Gasteiger partial charge on any atom is 0.191 e. The summed E-state index contributed by atoms with van der Waals surface area (Å²) in [6, 6.07) is 6.66. The third kappa shape index (κ3) is 1.32. The van der Waals surface area contributed by atoms with Crippen LogP contribution in [0.5, 0.6) is 0 Å². The minimum absolute atomic E-state index is 0.0591. The molecule has 0 aliphatic carbocycles. The quantitative estimate of drug-likeness (QED) is 0.726. The highest BCUT2D eigenvalue weighted by Gasteiger charge is 2.25. The van der Waals surface area contributed by atoms with Crippen molar-refractivity contribution in [1.82, 2.24) is 4.90 Å². The number of nitrogens with two attached hydrogens (primary N) is 1. The van der Waals surface area contributed by atoms with Crippen molar-refractivity contribution < 1.29 is 4.39 Å². The first-order chi connectivity index (χ1) is 6.70. The molecule has 14 heavy (non-hydrogen) atoms. The van der Waals surface area contributed by atoms with E-state index in [4.69, 9.17) is 5.73 Å². The molecule has 0 saturated carbocycles. The lowest BCUT2D eigenvalue weighted by molar-refractivity contribution is 0.399. The predicted molar refractivity (Wildman–Crippen MR) is 53.4 cm³/mol. The van der Waals surface area contributed by atoms with Crippen LogP contribution in [-0.2, 0) is 0 Å². The first-order valence-corrected chi connectivity index (χ1v) is 4.47. The zero-order valence-corrected chi connectivity index (χ0v) is 7.94. The summed E-state index contributed by atoms with van der Waals surface area (Å²) in [5.74, 6) is 0.271. The average molecular weight is 193 g/mol. The molecule has 74 valence electrons. The molecule has 0 bridgehead atoms. The smallest absolute Gasteiger partial charge is 0.191 e. The number of guanidine groups is 1. The molecule has 2 rings (SSSR count). The number of nitrogens with zero attached hydrogens (tertiary/aromatic N) is 2. The summed E-state index contributed by atoms with van der Waals surface area (Å²) in [4.78, 5) is 5.86. The largest absolute Gasteiger partial charge is 0.370 e. The number of rotatable bonds is 1. The van der Waals surface area contributed by atoms with Gasteiger partial charge in [-0.1, -0.05) is 18.2 Å². The number of hydrogen-bond acceptors (Lipinski definition) is 3. The summed E-state index contributed by atoms with van der Waals surface area (Å²) in [6.07, 6.45) is 0. The average Bonchev–Trinajstić information content (AvgIpc) is 2.49. The van der Waals surface area contributed by atoms with Crippen LogP contribution in [0.15, 0.2) is 29.3 Å². The van der Waals surface area contributed by atoms with Crippen molar-refractivity contribution in [3.05, 3.63) is 35.6 Å². The minimum Gasteiger partial charge on any atom is -0.370 e. The maximum absolute atomic E-state index is 13.4. The second kappa shape index (κ2) is 3.29. The first kappa shape index (κ1) is 8.99. The number of aliphatic imine (C=N–C) groups is 1. The van der Waals surface area contributed by atoms with E-state index in [1.807, 2.05) is 13.1 Å². The standard InChI is InChI=1S/C10H12FN3/c1-14-9(6-13-10(14)12)7-4-2-3-5-8(7)11/h2-5,9H,6H2,1H3,(H2,12,13). The third-order valence-corrected chi connectivity index (χ3v) is 2.52. The van der Waals surface area contributed by atoms with Crippen molar-refractivity contribution in [2.24, 2.45) is 10.7 Å². The van der Waals surface area contributed by atoms with Gasteiger partial charge in [0.25, 0.3) is 0 Å². The lowest BCUT2D eigenvalue weighted by Crippen LogP contribution is -2.32. The maximum atomic E-state index is 13.4. The van der Waals surface area contributed by atoms with E-state index in [0.29, 0.717) is 18.1 Å². The van der Waals surface area contributed by atoms with Crippen LogP contribution in [-0.4, -0.2) is 24.5 Å². The molecule has 1 atom stereocenters. The molecule has 0 amide bonds. The Morgan fingerprint density at radius 1 is 1.50 bits per heavy atom. The number of hydrogen-bond donors (Lipinski definition) is 1. The molecule has 0 radical (unpaired) electrons. The van der Waals surface area contributed by atoms with E-state index in [1.165, 1.54) is 6.07 Å². The lowest BCUT2D eigenvalue weighted by Gasteiger charge is -2.21. The third-order valence-electron chi connectivity index (χ3n) is 2.52. The molecule has 4 heteroatoms. The van der Waals surface area contributed by atoms with Gasteiger partial charge in [-0.15, -0.1) is 0 Å². The van der Waals surface area contributed by atoms with Gasteiger partial charge < -0.3 is 10.6 Å².